The number of aromatic nitrogens is 5. The summed E-state index contributed by atoms with van der Waals surface area (Å²) in [4.78, 5) is 32.4. The number of hydrogen-bond acceptors (Lipinski definition) is 8. The van der Waals surface area contributed by atoms with Gasteiger partial charge < -0.3 is 14.4 Å². The molecule has 0 spiro atoms. The topological polar surface area (TPSA) is 94.7 Å². The number of halogens is 2. The first kappa shape index (κ1) is 24.2. The van der Waals surface area contributed by atoms with Crippen LogP contribution in [0.5, 0.6) is 5.75 Å². The molecule has 1 aliphatic carbocycles. The highest BCUT2D eigenvalue weighted by Crippen LogP contribution is 2.52. The van der Waals surface area contributed by atoms with Gasteiger partial charge in [0.2, 0.25) is 5.95 Å². The van der Waals surface area contributed by atoms with Crippen LogP contribution in [0.2, 0.25) is 0 Å². The van der Waals surface area contributed by atoms with Crippen LogP contribution in [0.4, 0.5) is 14.7 Å². The van der Waals surface area contributed by atoms with E-state index in [9.17, 15) is 13.6 Å². The largest absolute Gasteiger partial charge is 0.466 e. The quantitative estimate of drug-likeness (QED) is 0.323. The van der Waals surface area contributed by atoms with E-state index in [1.54, 1.807) is 36.8 Å². The van der Waals surface area contributed by atoms with Crippen molar-refractivity contribution in [1.29, 1.82) is 0 Å². The van der Waals surface area contributed by atoms with E-state index in [1.165, 1.54) is 6.07 Å². The summed E-state index contributed by atoms with van der Waals surface area (Å²) in [7, 11) is 0. The van der Waals surface area contributed by atoms with Crippen LogP contribution in [-0.4, -0.2) is 56.6 Å². The number of benzene rings is 1. The number of rotatable bonds is 8. The van der Waals surface area contributed by atoms with E-state index in [4.69, 9.17) is 9.47 Å². The smallest absolute Gasteiger partial charge is 0.387 e. The minimum absolute atomic E-state index is 0.00290. The van der Waals surface area contributed by atoms with Crippen molar-refractivity contribution in [2.24, 2.45) is 17.8 Å². The first-order valence-electron chi connectivity index (χ1n) is 12.5. The first-order chi connectivity index (χ1) is 18.4. The number of hydrogen-bond donors (Lipinski definition) is 0. The Labute approximate surface area is 217 Å². The van der Waals surface area contributed by atoms with Gasteiger partial charge >= 0.3 is 12.6 Å². The average Bonchev–Trinajstić information content (AvgIpc) is 3.24. The second-order valence-electron chi connectivity index (χ2n) is 9.59. The molecule has 11 heteroatoms. The molecule has 1 aliphatic heterocycles. The molecule has 6 rings (SSSR count). The van der Waals surface area contributed by atoms with Gasteiger partial charge in [0.1, 0.15) is 5.75 Å². The monoisotopic (exact) mass is 520 g/mol. The van der Waals surface area contributed by atoms with Gasteiger partial charge in [-0.3, -0.25) is 14.2 Å². The van der Waals surface area contributed by atoms with Crippen molar-refractivity contribution in [2.45, 2.75) is 26.9 Å². The number of aryl methyl sites for hydroxylation is 1. The highest BCUT2D eigenvalue weighted by molar-refractivity contribution is 5.77. The Hall–Kier alpha value is -4.15. The Bertz CT molecular complexity index is 1480. The fraction of sp³-hybridized carbons (Fsp3) is 0.370. The third-order valence-corrected chi connectivity index (χ3v) is 7.32. The van der Waals surface area contributed by atoms with Crippen LogP contribution in [0, 0.1) is 24.7 Å². The molecule has 1 saturated carbocycles. The number of esters is 1. The lowest BCUT2D eigenvalue weighted by Gasteiger charge is -2.19. The predicted octanol–water partition coefficient (Wildman–Crippen LogP) is 3.93. The van der Waals surface area contributed by atoms with E-state index in [1.807, 2.05) is 24.4 Å². The molecule has 0 radical (unpaired) electrons. The van der Waals surface area contributed by atoms with E-state index >= 15 is 0 Å². The van der Waals surface area contributed by atoms with Crippen LogP contribution < -0.4 is 9.64 Å². The molecule has 1 aromatic carbocycles. The molecular formula is C27H26F2N6O3. The molecule has 1 unspecified atom stereocenters. The van der Waals surface area contributed by atoms with Crippen molar-refractivity contribution in [2.75, 3.05) is 24.6 Å². The van der Waals surface area contributed by atoms with Crippen molar-refractivity contribution in [3.8, 4) is 17.0 Å². The van der Waals surface area contributed by atoms with Crippen LogP contribution in [0.3, 0.4) is 0 Å². The zero-order valence-corrected chi connectivity index (χ0v) is 20.9. The van der Waals surface area contributed by atoms with Crippen molar-refractivity contribution in [3.05, 3.63) is 66.0 Å². The molecule has 1 saturated heterocycles. The number of carbonyl (C=O) groups is 1. The maximum absolute atomic E-state index is 12.9. The Morgan fingerprint density at radius 1 is 1.11 bits per heavy atom. The number of alkyl halides is 2. The summed E-state index contributed by atoms with van der Waals surface area (Å²) in [6.07, 6.45) is 7.36. The number of anilines is 1. The highest BCUT2D eigenvalue weighted by atomic mass is 19.3. The Kier molecular flexibility index (Phi) is 6.13. The van der Waals surface area contributed by atoms with E-state index in [-0.39, 0.29) is 17.6 Å². The Balaban J connectivity index is 1.21. The van der Waals surface area contributed by atoms with E-state index < -0.39 is 6.61 Å². The molecule has 0 amide bonds. The minimum atomic E-state index is -2.90. The summed E-state index contributed by atoms with van der Waals surface area (Å²) in [5.74, 6) is 1.28. The summed E-state index contributed by atoms with van der Waals surface area (Å²) in [5.41, 5.74) is 4.31. The van der Waals surface area contributed by atoms with Gasteiger partial charge in [-0.05, 0) is 31.7 Å². The summed E-state index contributed by atoms with van der Waals surface area (Å²) < 4.78 is 37.6. The third-order valence-electron chi connectivity index (χ3n) is 7.32. The number of para-hydroxylation sites is 1. The number of fused-ring (bicyclic) bond motifs is 2. The first-order valence-corrected chi connectivity index (χ1v) is 12.5. The lowest BCUT2D eigenvalue weighted by Crippen LogP contribution is -2.28. The number of ether oxygens (including phenoxy) is 2. The summed E-state index contributed by atoms with van der Waals surface area (Å²) in [6, 6.07) is 6.76. The Morgan fingerprint density at radius 3 is 2.55 bits per heavy atom. The maximum atomic E-state index is 12.9. The van der Waals surface area contributed by atoms with Crippen LogP contribution in [0.1, 0.15) is 23.9 Å². The van der Waals surface area contributed by atoms with Gasteiger partial charge in [-0.15, -0.1) is 0 Å². The molecule has 2 aliphatic rings. The average molecular weight is 521 g/mol. The van der Waals surface area contributed by atoms with Crippen LogP contribution >= 0.6 is 0 Å². The van der Waals surface area contributed by atoms with Gasteiger partial charge in [0, 0.05) is 49.2 Å². The normalized spacial score (nSPS) is 20.1. The van der Waals surface area contributed by atoms with E-state index in [2.05, 4.69) is 24.8 Å². The van der Waals surface area contributed by atoms with Gasteiger partial charge in [-0.2, -0.15) is 8.78 Å². The molecular weight excluding hydrogens is 494 g/mol. The zero-order chi connectivity index (χ0) is 26.4. The van der Waals surface area contributed by atoms with Gasteiger partial charge in [0.05, 0.1) is 35.8 Å². The second kappa shape index (κ2) is 9.62. The van der Waals surface area contributed by atoms with Crippen molar-refractivity contribution in [1.82, 2.24) is 24.3 Å². The molecule has 4 heterocycles. The standard InChI is InChI=1S/C27H26F2N6O3/c1-3-37-25(36)24-18-12-34(13-19(18)24)27-31-9-17(10-32-27)20-14-35-21(15(2)33-23(35)11-30-20)8-16-6-4-5-7-22(16)38-26(28)29/h4-7,9-11,14,18-19,24,26H,3,8,12-13H2,1-2H3/t18-,19+,24?. The lowest BCUT2D eigenvalue weighted by atomic mass is 10.1. The van der Waals surface area contributed by atoms with E-state index in [0.717, 1.165) is 30.0 Å². The number of carbonyl (C=O) groups excluding carboxylic acids is 1. The van der Waals surface area contributed by atoms with Gasteiger partial charge in [-0.25, -0.2) is 15.0 Å². The van der Waals surface area contributed by atoms with Gasteiger partial charge in [-0.1, -0.05) is 18.2 Å². The lowest BCUT2D eigenvalue weighted by molar-refractivity contribution is -0.145. The summed E-state index contributed by atoms with van der Waals surface area (Å²) in [6.45, 7) is 2.69. The zero-order valence-electron chi connectivity index (χ0n) is 20.9. The van der Waals surface area contributed by atoms with Crippen molar-refractivity contribution >= 4 is 17.6 Å². The predicted molar refractivity (Wildman–Crippen MR) is 134 cm³/mol. The molecule has 0 bridgehead atoms. The fourth-order valence-corrected chi connectivity index (χ4v) is 5.42. The summed E-state index contributed by atoms with van der Waals surface area (Å²) in [5, 5.41) is 0. The molecule has 38 heavy (non-hydrogen) atoms. The summed E-state index contributed by atoms with van der Waals surface area (Å²) >= 11 is 0. The van der Waals surface area contributed by atoms with Crippen molar-refractivity contribution < 1.29 is 23.0 Å². The molecule has 3 aromatic heterocycles. The van der Waals surface area contributed by atoms with Crippen molar-refractivity contribution in [3.63, 3.8) is 0 Å². The SMILES string of the molecule is CCOC(=O)C1[C@H]2CN(c3ncc(-c4cn5c(Cc6ccccc6OC(F)F)c(C)nc5cn4)cn3)C[C@@H]12. The van der Waals surface area contributed by atoms with Gasteiger partial charge in [0.15, 0.2) is 5.65 Å². The van der Waals surface area contributed by atoms with Crippen LogP contribution in [0.15, 0.2) is 49.1 Å². The number of nitrogens with zero attached hydrogens (tertiary/aromatic N) is 6. The van der Waals surface area contributed by atoms with E-state index in [0.29, 0.717) is 47.7 Å². The molecule has 4 aromatic rings. The molecule has 2 fully saturated rings. The minimum Gasteiger partial charge on any atom is -0.466 e. The fourth-order valence-electron chi connectivity index (χ4n) is 5.42. The second-order valence-corrected chi connectivity index (χ2v) is 9.59. The van der Waals surface area contributed by atoms with Crippen LogP contribution in [0.25, 0.3) is 16.9 Å². The molecule has 0 N–H and O–H groups in total. The Morgan fingerprint density at radius 2 is 1.84 bits per heavy atom. The molecule has 9 nitrogen and oxygen atoms in total. The molecule has 196 valence electrons. The van der Waals surface area contributed by atoms with Crippen LogP contribution in [-0.2, 0) is 16.0 Å². The van der Waals surface area contributed by atoms with Gasteiger partial charge in [0.25, 0.3) is 0 Å². The highest BCUT2D eigenvalue weighted by Gasteiger charge is 2.60. The molecule has 3 atom stereocenters. The third kappa shape index (κ3) is 4.42. The number of imidazole rings is 1. The maximum Gasteiger partial charge on any atom is 0.387 e. The number of piperidine rings is 1.